The van der Waals surface area contributed by atoms with E-state index >= 15 is 0 Å². The number of aryl methyl sites for hydroxylation is 2. The maximum absolute atomic E-state index is 10.5. The van der Waals surface area contributed by atoms with Gasteiger partial charge in [-0.15, -0.1) is 11.3 Å². The van der Waals surface area contributed by atoms with Crippen LogP contribution in [0.25, 0.3) is 0 Å². The van der Waals surface area contributed by atoms with E-state index in [1.54, 1.807) is 11.3 Å². The summed E-state index contributed by atoms with van der Waals surface area (Å²) >= 11 is 8.71. The predicted molar refractivity (Wildman–Crippen MR) is 84.3 cm³/mol. The van der Waals surface area contributed by atoms with Gasteiger partial charge in [-0.3, -0.25) is 0 Å². The summed E-state index contributed by atoms with van der Waals surface area (Å²) in [5.74, 6) is 0. The molecular formula is C14H14Br2OS. The topological polar surface area (TPSA) is 20.2 Å². The molecule has 0 amide bonds. The number of thiophene rings is 1. The Morgan fingerprint density at radius 1 is 1.22 bits per heavy atom. The van der Waals surface area contributed by atoms with Crippen LogP contribution in [0.3, 0.4) is 0 Å². The standard InChI is InChI=1S/C14H14Br2OS/c1-3-9-4-5-13(18-9)14(17)10-7-11(15)8(2)6-12(10)16/h4-7,14,17H,3H2,1-2H3. The minimum absolute atomic E-state index is 0.568. The molecule has 0 bridgehead atoms. The predicted octanol–water partition coefficient (Wildman–Crippen LogP) is 5.23. The van der Waals surface area contributed by atoms with Crippen molar-refractivity contribution in [3.05, 3.63) is 54.1 Å². The van der Waals surface area contributed by atoms with Gasteiger partial charge in [-0.05, 0) is 43.2 Å². The maximum atomic E-state index is 10.5. The van der Waals surface area contributed by atoms with Crippen LogP contribution < -0.4 is 0 Å². The van der Waals surface area contributed by atoms with Gasteiger partial charge in [0.2, 0.25) is 0 Å². The number of hydrogen-bond acceptors (Lipinski definition) is 2. The van der Waals surface area contributed by atoms with E-state index < -0.39 is 6.10 Å². The minimum Gasteiger partial charge on any atom is -0.383 e. The van der Waals surface area contributed by atoms with Gasteiger partial charge in [0.25, 0.3) is 0 Å². The quantitative estimate of drug-likeness (QED) is 0.762. The van der Waals surface area contributed by atoms with Crippen molar-refractivity contribution >= 4 is 43.2 Å². The SMILES string of the molecule is CCc1ccc(C(O)c2cc(Br)c(C)cc2Br)s1. The number of halogens is 2. The Kier molecular flexibility index (Phi) is 4.64. The Morgan fingerprint density at radius 3 is 2.56 bits per heavy atom. The molecule has 1 atom stereocenters. The second-order valence-electron chi connectivity index (χ2n) is 4.18. The van der Waals surface area contributed by atoms with Gasteiger partial charge in [0.15, 0.2) is 0 Å². The van der Waals surface area contributed by atoms with Gasteiger partial charge in [0, 0.05) is 24.3 Å². The molecule has 1 nitrogen and oxygen atoms in total. The number of benzene rings is 1. The molecule has 0 aliphatic carbocycles. The van der Waals surface area contributed by atoms with Gasteiger partial charge in [0.05, 0.1) is 0 Å². The summed E-state index contributed by atoms with van der Waals surface area (Å²) < 4.78 is 1.97. The van der Waals surface area contributed by atoms with Crippen LogP contribution in [0.4, 0.5) is 0 Å². The molecule has 1 heterocycles. The molecule has 0 saturated carbocycles. The molecule has 18 heavy (non-hydrogen) atoms. The third-order valence-corrected chi connectivity index (χ3v) is 5.70. The fourth-order valence-corrected chi connectivity index (χ4v) is 3.75. The second-order valence-corrected chi connectivity index (χ2v) is 7.09. The summed E-state index contributed by atoms with van der Waals surface area (Å²) in [5.41, 5.74) is 2.05. The molecule has 2 aromatic rings. The van der Waals surface area contributed by atoms with Crippen LogP contribution in [0.1, 0.15) is 33.9 Å². The number of hydrogen-bond donors (Lipinski definition) is 1. The Bertz CT molecular complexity index is 563. The van der Waals surface area contributed by atoms with Crippen LogP contribution in [0.15, 0.2) is 33.2 Å². The highest BCUT2D eigenvalue weighted by Gasteiger charge is 2.17. The smallest absolute Gasteiger partial charge is 0.114 e. The molecule has 0 spiro atoms. The second kappa shape index (κ2) is 5.87. The van der Waals surface area contributed by atoms with E-state index in [1.807, 2.05) is 25.1 Å². The molecule has 4 heteroatoms. The zero-order chi connectivity index (χ0) is 13.3. The van der Waals surface area contributed by atoms with Crippen LogP contribution in [0, 0.1) is 6.92 Å². The van der Waals surface area contributed by atoms with Crippen LogP contribution in [0.2, 0.25) is 0 Å². The van der Waals surface area contributed by atoms with Gasteiger partial charge in [-0.1, -0.05) is 38.8 Å². The van der Waals surface area contributed by atoms with E-state index in [4.69, 9.17) is 0 Å². The third kappa shape index (κ3) is 2.87. The van der Waals surface area contributed by atoms with E-state index in [2.05, 4.69) is 44.8 Å². The lowest BCUT2D eigenvalue weighted by atomic mass is 10.1. The Morgan fingerprint density at radius 2 is 1.94 bits per heavy atom. The molecule has 0 saturated heterocycles. The van der Waals surface area contributed by atoms with Crippen molar-refractivity contribution in [1.29, 1.82) is 0 Å². The first-order chi connectivity index (χ1) is 8.52. The third-order valence-electron chi connectivity index (χ3n) is 2.87. The Hall–Kier alpha value is -0.160. The largest absolute Gasteiger partial charge is 0.383 e. The summed E-state index contributed by atoms with van der Waals surface area (Å²) in [5, 5.41) is 10.5. The Labute approximate surface area is 128 Å². The van der Waals surface area contributed by atoms with Crippen molar-refractivity contribution in [3.8, 4) is 0 Å². The fourth-order valence-electron chi connectivity index (χ4n) is 1.76. The normalized spacial score (nSPS) is 12.7. The summed E-state index contributed by atoms with van der Waals surface area (Å²) in [4.78, 5) is 2.29. The molecule has 1 unspecified atom stereocenters. The van der Waals surface area contributed by atoms with Crippen molar-refractivity contribution < 1.29 is 5.11 Å². The fraction of sp³-hybridized carbons (Fsp3) is 0.286. The van der Waals surface area contributed by atoms with Crippen LogP contribution in [-0.4, -0.2) is 5.11 Å². The lowest BCUT2D eigenvalue weighted by molar-refractivity contribution is 0.223. The first-order valence-electron chi connectivity index (χ1n) is 5.75. The highest BCUT2D eigenvalue weighted by atomic mass is 79.9. The zero-order valence-electron chi connectivity index (χ0n) is 10.2. The zero-order valence-corrected chi connectivity index (χ0v) is 14.2. The Balaban J connectivity index is 2.39. The summed E-state index contributed by atoms with van der Waals surface area (Å²) in [6, 6.07) is 8.10. The van der Waals surface area contributed by atoms with Crippen molar-refractivity contribution in [2.75, 3.05) is 0 Å². The van der Waals surface area contributed by atoms with Crippen molar-refractivity contribution in [2.24, 2.45) is 0 Å². The summed E-state index contributed by atoms with van der Waals surface area (Å²) in [7, 11) is 0. The van der Waals surface area contributed by atoms with E-state index in [0.717, 1.165) is 31.4 Å². The number of rotatable bonds is 3. The molecule has 1 aromatic carbocycles. The molecular weight excluding hydrogens is 376 g/mol. The molecule has 2 rings (SSSR count). The van der Waals surface area contributed by atoms with Crippen molar-refractivity contribution in [3.63, 3.8) is 0 Å². The molecule has 0 radical (unpaired) electrons. The van der Waals surface area contributed by atoms with E-state index in [9.17, 15) is 5.11 Å². The lowest BCUT2D eigenvalue weighted by Gasteiger charge is -2.13. The van der Waals surface area contributed by atoms with Gasteiger partial charge in [0.1, 0.15) is 6.10 Å². The van der Waals surface area contributed by atoms with Crippen molar-refractivity contribution in [2.45, 2.75) is 26.4 Å². The average Bonchev–Trinajstić information content (AvgIpc) is 2.81. The molecule has 96 valence electrons. The highest BCUT2D eigenvalue weighted by Crippen LogP contribution is 2.35. The van der Waals surface area contributed by atoms with Crippen LogP contribution in [0.5, 0.6) is 0 Å². The average molecular weight is 390 g/mol. The van der Waals surface area contributed by atoms with Crippen molar-refractivity contribution in [1.82, 2.24) is 0 Å². The van der Waals surface area contributed by atoms with Crippen LogP contribution >= 0.6 is 43.2 Å². The van der Waals surface area contributed by atoms with Gasteiger partial charge in [-0.2, -0.15) is 0 Å². The molecule has 0 fully saturated rings. The first kappa shape index (κ1) is 14.3. The van der Waals surface area contributed by atoms with E-state index in [-0.39, 0.29) is 0 Å². The van der Waals surface area contributed by atoms with Gasteiger partial charge in [-0.25, -0.2) is 0 Å². The molecule has 0 aliphatic heterocycles. The van der Waals surface area contributed by atoms with Gasteiger partial charge < -0.3 is 5.11 Å². The molecule has 1 aromatic heterocycles. The number of aliphatic hydroxyl groups excluding tert-OH is 1. The molecule has 0 aliphatic rings. The lowest BCUT2D eigenvalue weighted by Crippen LogP contribution is -1.99. The number of aliphatic hydroxyl groups is 1. The summed E-state index contributed by atoms with van der Waals surface area (Å²) in [6.07, 6.45) is 0.442. The highest BCUT2D eigenvalue weighted by molar-refractivity contribution is 9.11. The minimum atomic E-state index is -0.568. The van der Waals surface area contributed by atoms with E-state index in [0.29, 0.717) is 0 Å². The summed E-state index contributed by atoms with van der Waals surface area (Å²) in [6.45, 7) is 4.16. The van der Waals surface area contributed by atoms with E-state index in [1.165, 1.54) is 4.88 Å². The molecule has 1 N–H and O–H groups in total. The van der Waals surface area contributed by atoms with Crippen LogP contribution in [-0.2, 0) is 6.42 Å². The van der Waals surface area contributed by atoms with Gasteiger partial charge >= 0.3 is 0 Å². The monoisotopic (exact) mass is 388 g/mol. The maximum Gasteiger partial charge on any atom is 0.114 e. The first-order valence-corrected chi connectivity index (χ1v) is 8.15.